The lowest BCUT2D eigenvalue weighted by molar-refractivity contribution is -0.128. The molecule has 3 aliphatic rings. The van der Waals surface area contributed by atoms with Gasteiger partial charge in [0.05, 0.1) is 24.4 Å². The van der Waals surface area contributed by atoms with Crippen molar-refractivity contribution in [1.82, 2.24) is 0 Å². The Kier molecular flexibility index (Phi) is 4.29. The van der Waals surface area contributed by atoms with Crippen molar-refractivity contribution in [3.05, 3.63) is 0 Å². The molecule has 0 radical (unpaired) electrons. The van der Waals surface area contributed by atoms with E-state index in [4.69, 9.17) is 14.2 Å². The third-order valence-electron chi connectivity index (χ3n) is 5.30. The lowest BCUT2D eigenvalue weighted by Crippen LogP contribution is -2.45. The maximum absolute atomic E-state index is 14.5. The Balaban J connectivity index is 1.73. The largest absolute Gasteiger partial charge is 0.378 e. The lowest BCUT2D eigenvalue weighted by atomic mass is 9.71. The van der Waals surface area contributed by atoms with Gasteiger partial charge in [0.2, 0.25) is 0 Å². The summed E-state index contributed by atoms with van der Waals surface area (Å²) < 4.78 is 45.4. The standard InChI is InChI=1S/C15H24F2O3/c1-3-19-11-7-5-9-8-4-6-10(18-2)12(16)14(8)20-15(9)13(11)17/h8-15H,3-7H2,1-2H3. The van der Waals surface area contributed by atoms with Crippen LogP contribution in [0.3, 0.4) is 0 Å². The minimum atomic E-state index is -1.14. The molecule has 2 aliphatic carbocycles. The maximum Gasteiger partial charge on any atom is 0.152 e. The average Bonchev–Trinajstić information content (AvgIpc) is 2.83. The number of hydrogen-bond acceptors (Lipinski definition) is 3. The molecule has 1 heterocycles. The fourth-order valence-corrected chi connectivity index (χ4v) is 4.34. The van der Waals surface area contributed by atoms with Crippen LogP contribution in [0, 0.1) is 11.8 Å². The Morgan fingerprint density at radius 2 is 1.50 bits per heavy atom. The summed E-state index contributed by atoms with van der Waals surface area (Å²) in [5, 5.41) is 0. The van der Waals surface area contributed by atoms with Crippen LogP contribution in [0.1, 0.15) is 32.6 Å². The molecule has 0 aromatic carbocycles. The van der Waals surface area contributed by atoms with Gasteiger partial charge in [0.15, 0.2) is 12.3 Å². The molecule has 0 bridgehead atoms. The van der Waals surface area contributed by atoms with Crippen molar-refractivity contribution in [1.29, 1.82) is 0 Å². The number of hydrogen-bond donors (Lipinski definition) is 0. The Morgan fingerprint density at radius 1 is 0.950 bits per heavy atom. The van der Waals surface area contributed by atoms with Gasteiger partial charge in [-0.1, -0.05) is 0 Å². The monoisotopic (exact) mass is 290 g/mol. The number of ether oxygens (including phenoxy) is 3. The molecule has 2 saturated carbocycles. The molecule has 1 aliphatic heterocycles. The van der Waals surface area contributed by atoms with Gasteiger partial charge in [0, 0.05) is 13.7 Å². The fourth-order valence-electron chi connectivity index (χ4n) is 4.34. The van der Waals surface area contributed by atoms with Gasteiger partial charge in [0.25, 0.3) is 0 Å². The smallest absolute Gasteiger partial charge is 0.152 e. The van der Waals surface area contributed by atoms with Crippen LogP contribution in [-0.2, 0) is 14.2 Å². The zero-order valence-electron chi connectivity index (χ0n) is 12.1. The van der Waals surface area contributed by atoms with E-state index in [9.17, 15) is 8.78 Å². The number of alkyl halides is 2. The minimum absolute atomic E-state index is 0.141. The summed E-state index contributed by atoms with van der Waals surface area (Å²) in [5.41, 5.74) is 0. The van der Waals surface area contributed by atoms with E-state index in [1.165, 1.54) is 7.11 Å². The van der Waals surface area contributed by atoms with Crippen molar-refractivity contribution in [3.8, 4) is 0 Å². The van der Waals surface area contributed by atoms with E-state index < -0.39 is 36.8 Å². The zero-order valence-corrected chi connectivity index (χ0v) is 12.1. The molecule has 0 spiro atoms. The second-order valence-corrected chi connectivity index (χ2v) is 6.20. The van der Waals surface area contributed by atoms with Gasteiger partial charge >= 0.3 is 0 Å². The van der Waals surface area contributed by atoms with Gasteiger partial charge in [-0.3, -0.25) is 0 Å². The summed E-state index contributed by atoms with van der Waals surface area (Å²) in [6, 6.07) is 0. The molecule has 0 aromatic heterocycles. The van der Waals surface area contributed by atoms with Crippen LogP contribution >= 0.6 is 0 Å². The van der Waals surface area contributed by atoms with Gasteiger partial charge in [-0.2, -0.15) is 0 Å². The van der Waals surface area contributed by atoms with Crippen molar-refractivity contribution in [3.63, 3.8) is 0 Å². The van der Waals surface area contributed by atoms with Crippen LogP contribution in [0.4, 0.5) is 8.78 Å². The molecule has 3 rings (SSSR count). The lowest BCUT2D eigenvalue weighted by Gasteiger charge is -2.37. The van der Waals surface area contributed by atoms with Crippen LogP contribution in [0.15, 0.2) is 0 Å². The van der Waals surface area contributed by atoms with Gasteiger partial charge in [-0.25, -0.2) is 8.78 Å². The highest BCUT2D eigenvalue weighted by molar-refractivity contribution is 5.04. The minimum Gasteiger partial charge on any atom is -0.378 e. The van der Waals surface area contributed by atoms with Crippen molar-refractivity contribution in [2.24, 2.45) is 11.8 Å². The van der Waals surface area contributed by atoms with E-state index in [0.29, 0.717) is 19.4 Å². The van der Waals surface area contributed by atoms with Gasteiger partial charge in [-0.15, -0.1) is 0 Å². The summed E-state index contributed by atoms with van der Waals surface area (Å²) in [5.74, 6) is 0.282. The third kappa shape index (κ3) is 2.28. The van der Waals surface area contributed by atoms with E-state index >= 15 is 0 Å². The second-order valence-electron chi connectivity index (χ2n) is 6.20. The second kappa shape index (κ2) is 5.85. The first-order chi connectivity index (χ1) is 9.67. The number of halogens is 2. The predicted octanol–water partition coefficient (Wildman–Crippen LogP) is 2.67. The van der Waals surface area contributed by atoms with Crippen molar-refractivity contribution in [2.45, 2.75) is 69.4 Å². The highest BCUT2D eigenvalue weighted by atomic mass is 19.1. The normalized spacial score (nSPS) is 51.6. The summed E-state index contributed by atoms with van der Waals surface area (Å²) in [6.45, 7) is 2.38. The van der Waals surface area contributed by atoms with Crippen molar-refractivity contribution < 1.29 is 23.0 Å². The van der Waals surface area contributed by atoms with Crippen LogP contribution in [0.5, 0.6) is 0 Å². The predicted molar refractivity (Wildman–Crippen MR) is 70.1 cm³/mol. The number of methoxy groups -OCH3 is 1. The van der Waals surface area contributed by atoms with E-state index in [-0.39, 0.29) is 11.8 Å². The molecule has 116 valence electrons. The number of rotatable bonds is 3. The van der Waals surface area contributed by atoms with Gasteiger partial charge in [-0.05, 0) is 44.4 Å². The summed E-state index contributed by atoms with van der Waals surface area (Å²) in [4.78, 5) is 0. The van der Waals surface area contributed by atoms with Gasteiger partial charge < -0.3 is 14.2 Å². The molecular formula is C15H24F2O3. The Hall–Kier alpha value is -0.260. The third-order valence-corrected chi connectivity index (χ3v) is 5.30. The molecule has 0 aromatic rings. The molecule has 3 fully saturated rings. The average molecular weight is 290 g/mol. The molecule has 20 heavy (non-hydrogen) atoms. The summed E-state index contributed by atoms with van der Waals surface area (Å²) >= 11 is 0. The summed E-state index contributed by atoms with van der Waals surface area (Å²) in [6.07, 6.45) is -0.890. The van der Waals surface area contributed by atoms with Crippen molar-refractivity contribution >= 4 is 0 Å². The van der Waals surface area contributed by atoms with E-state index in [0.717, 1.165) is 12.8 Å². The quantitative estimate of drug-likeness (QED) is 0.800. The van der Waals surface area contributed by atoms with Crippen LogP contribution < -0.4 is 0 Å². The van der Waals surface area contributed by atoms with E-state index in [2.05, 4.69) is 0 Å². The van der Waals surface area contributed by atoms with Crippen LogP contribution in [0.25, 0.3) is 0 Å². The SMILES string of the molecule is CCOC1CCC2C3CCC(OC)C(F)C3OC2C1F. The van der Waals surface area contributed by atoms with E-state index in [1.54, 1.807) is 0 Å². The maximum atomic E-state index is 14.5. The van der Waals surface area contributed by atoms with Crippen molar-refractivity contribution in [2.75, 3.05) is 13.7 Å². The first-order valence-corrected chi connectivity index (χ1v) is 7.75. The first-order valence-electron chi connectivity index (χ1n) is 7.75. The molecule has 8 atom stereocenters. The fraction of sp³-hybridized carbons (Fsp3) is 1.00. The highest BCUT2D eigenvalue weighted by Crippen LogP contribution is 2.49. The molecule has 5 heteroatoms. The molecule has 3 nitrogen and oxygen atoms in total. The Bertz CT molecular complexity index is 341. The number of fused-ring (bicyclic) bond motifs is 3. The van der Waals surface area contributed by atoms with Crippen LogP contribution in [0.2, 0.25) is 0 Å². The first kappa shape index (κ1) is 14.7. The molecule has 8 unspecified atom stereocenters. The molecule has 1 saturated heterocycles. The molecule has 0 amide bonds. The topological polar surface area (TPSA) is 27.7 Å². The molecule has 0 N–H and O–H groups in total. The zero-order chi connectivity index (χ0) is 14.3. The summed E-state index contributed by atoms with van der Waals surface area (Å²) in [7, 11) is 1.53. The van der Waals surface area contributed by atoms with Gasteiger partial charge in [0.1, 0.15) is 0 Å². The Labute approximate surface area is 119 Å². The van der Waals surface area contributed by atoms with Crippen LogP contribution in [-0.4, -0.2) is 50.5 Å². The Morgan fingerprint density at radius 3 is 2.05 bits per heavy atom. The van der Waals surface area contributed by atoms with E-state index in [1.807, 2.05) is 6.92 Å². The molecular weight excluding hydrogens is 266 g/mol. The highest BCUT2D eigenvalue weighted by Gasteiger charge is 2.57.